The van der Waals surface area contributed by atoms with Crippen molar-refractivity contribution in [2.24, 2.45) is 0 Å². The summed E-state index contributed by atoms with van der Waals surface area (Å²) in [6, 6.07) is 15.2. The van der Waals surface area contributed by atoms with Gasteiger partial charge in [-0.3, -0.25) is 0 Å². The van der Waals surface area contributed by atoms with Gasteiger partial charge in [0.15, 0.2) is 0 Å². The highest BCUT2D eigenvalue weighted by Gasteiger charge is 2.15. The Morgan fingerprint density at radius 1 is 1.10 bits per heavy atom. The van der Waals surface area contributed by atoms with E-state index in [1.54, 1.807) is 6.07 Å². The van der Waals surface area contributed by atoms with Gasteiger partial charge in [-0.15, -0.1) is 0 Å². The van der Waals surface area contributed by atoms with Gasteiger partial charge in [0.1, 0.15) is 11.6 Å². The van der Waals surface area contributed by atoms with Crippen molar-refractivity contribution >= 4 is 0 Å². The van der Waals surface area contributed by atoms with Crippen molar-refractivity contribution in [1.82, 2.24) is 5.32 Å². The van der Waals surface area contributed by atoms with Gasteiger partial charge in [0, 0.05) is 11.6 Å². The molecule has 3 heteroatoms. The van der Waals surface area contributed by atoms with Crippen LogP contribution in [0.5, 0.6) is 5.75 Å². The van der Waals surface area contributed by atoms with E-state index in [2.05, 4.69) is 17.4 Å². The maximum absolute atomic E-state index is 13.9. The fourth-order valence-corrected chi connectivity index (χ4v) is 2.31. The van der Waals surface area contributed by atoms with Gasteiger partial charge in [-0.25, -0.2) is 4.39 Å². The standard InChI is InChI=1S/C18H22FNO/c1-14(20-2)18-16(19)11-6-12-17(18)21-13-7-10-15-8-4-3-5-9-15/h3-6,8-9,11-12,14,20H,7,10,13H2,1-2H3. The van der Waals surface area contributed by atoms with Crippen molar-refractivity contribution in [3.05, 3.63) is 65.5 Å². The molecule has 0 aliphatic rings. The fraction of sp³-hybridized carbons (Fsp3) is 0.333. The molecular weight excluding hydrogens is 265 g/mol. The Labute approximate surface area is 126 Å². The van der Waals surface area contributed by atoms with Crippen LogP contribution >= 0.6 is 0 Å². The molecule has 0 bridgehead atoms. The lowest BCUT2D eigenvalue weighted by Crippen LogP contribution is -2.15. The second kappa shape index (κ2) is 7.79. The van der Waals surface area contributed by atoms with Gasteiger partial charge in [-0.2, -0.15) is 0 Å². The molecule has 0 aliphatic carbocycles. The van der Waals surface area contributed by atoms with E-state index in [1.165, 1.54) is 11.6 Å². The van der Waals surface area contributed by atoms with Gasteiger partial charge in [0.25, 0.3) is 0 Å². The highest BCUT2D eigenvalue weighted by Crippen LogP contribution is 2.27. The normalized spacial score (nSPS) is 12.1. The van der Waals surface area contributed by atoms with Gasteiger partial charge in [0.05, 0.1) is 6.61 Å². The average molecular weight is 287 g/mol. The third-order valence-electron chi connectivity index (χ3n) is 3.59. The van der Waals surface area contributed by atoms with E-state index < -0.39 is 0 Å². The summed E-state index contributed by atoms with van der Waals surface area (Å²) in [6.45, 7) is 2.51. The third-order valence-corrected chi connectivity index (χ3v) is 3.59. The zero-order valence-electron chi connectivity index (χ0n) is 12.6. The van der Waals surface area contributed by atoms with Gasteiger partial charge in [0.2, 0.25) is 0 Å². The number of ether oxygens (including phenoxy) is 1. The molecule has 1 N–H and O–H groups in total. The van der Waals surface area contributed by atoms with E-state index in [1.807, 2.05) is 38.2 Å². The van der Waals surface area contributed by atoms with Crippen LogP contribution in [0.2, 0.25) is 0 Å². The van der Waals surface area contributed by atoms with Gasteiger partial charge in [-0.05, 0) is 44.5 Å². The van der Waals surface area contributed by atoms with Crippen LogP contribution < -0.4 is 10.1 Å². The summed E-state index contributed by atoms with van der Waals surface area (Å²) in [4.78, 5) is 0. The van der Waals surface area contributed by atoms with E-state index in [0.717, 1.165) is 12.8 Å². The summed E-state index contributed by atoms with van der Waals surface area (Å²) in [5, 5.41) is 3.06. The van der Waals surface area contributed by atoms with Crippen LogP contribution in [0.1, 0.15) is 30.5 Å². The molecule has 0 saturated carbocycles. The highest BCUT2D eigenvalue weighted by atomic mass is 19.1. The Morgan fingerprint density at radius 2 is 1.86 bits per heavy atom. The maximum atomic E-state index is 13.9. The summed E-state index contributed by atoms with van der Waals surface area (Å²) >= 11 is 0. The van der Waals surface area contributed by atoms with Crippen LogP contribution in [-0.2, 0) is 6.42 Å². The monoisotopic (exact) mass is 287 g/mol. The molecule has 0 saturated heterocycles. The van der Waals surface area contributed by atoms with Crippen LogP contribution in [0.15, 0.2) is 48.5 Å². The van der Waals surface area contributed by atoms with Crippen LogP contribution in [0.25, 0.3) is 0 Å². The zero-order chi connectivity index (χ0) is 15.1. The van der Waals surface area contributed by atoms with Gasteiger partial charge in [-0.1, -0.05) is 36.4 Å². The number of hydrogen-bond acceptors (Lipinski definition) is 2. The number of rotatable bonds is 7. The van der Waals surface area contributed by atoms with Crippen molar-refractivity contribution in [2.75, 3.05) is 13.7 Å². The summed E-state index contributed by atoms with van der Waals surface area (Å²) in [6.07, 6.45) is 1.88. The molecule has 2 nitrogen and oxygen atoms in total. The number of hydrogen-bond donors (Lipinski definition) is 1. The SMILES string of the molecule is CNC(C)c1c(F)cccc1OCCCc1ccccc1. The molecule has 2 aromatic rings. The summed E-state index contributed by atoms with van der Waals surface area (Å²) < 4.78 is 19.7. The topological polar surface area (TPSA) is 21.3 Å². The number of benzene rings is 2. The molecule has 0 fully saturated rings. The van der Waals surface area contributed by atoms with Gasteiger partial charge >= 0.3 is 0 Å². The van der Waals surface area contributed by atoms with Crippen molar-refractivity contribution in [2.45, 2.75) is 25.8 Å². The lowest BCUT2D eigenvalue weighted by atomic mass is 10.1. The summed E-state index contributed by atoms with van der Waals surface area (Å²) in [5.41, 5.74) is 1.89. The molecule has 112 valence electrons. The first-order valence-corrected chi connectivity index (χ1v) is 7.34. The molecule has 0 radical (unpaired) electrons. The van der Waals surface area contributed by atoms with Gasteiger partial charge < -0.3 is 10.1 Å². The minimum Gasteiger partial charge on any atom is -0.493 e. The molecule has 1 atom stereocenters. The van der Waals surface area contributed by atoms with Crippen molar-refractivity contribution < 1.29 is 9.13 Å². The maximum Gasteiger partial charge on any atom is 0.131 e. The molecule has 2 rings (SSSR count). The summed E-state index contributed by atoms with van der Waals surface area (Å²) in [5.74, 6) is 0.405. The lowest BCUT2D eigenvalue weighted by molar-refractivity contribution is 0.302. The smallest absolute Gasteiger partial charge is 0.131 e. The van der Waals surface area contributed by atoms with E-state index in [0.29, 0.717) is 17.9 Å². The number of nitrogens with one attached hydrogen (secondary N) is 1. The molecule has 0 aliphatic heterocycles. The Hall–Kier alpha value is -1.87. The van der Waals surface area contributed by atoms with Crippen molar-refractivity contribution in [3.8, 4) is 5.75 Å². The Balaban J connectivity index is 1.93. The Morgan fingerprint density at radius 3 is 2.57 bits per heavy atom. The minimum absolute atomic E-state index is 0.0738. The highest BCUT2D eigenvalue weighted by molar-refractivity contribution is 5.37. The second-order valence-electron chi connectivity index (χ2n) is 5.10. The third kappa shape index (κ3) is 4.30. The number of halogens is 1. The summed E-state index contributed by atoms with van der Waals surface area (Å²) in [7, 11) is 1.82. The molecule has 21 heavy (non-hydrogen) atoms. The predicted molar refractivity (Wildman–Crippen MR) is 84.1 cm³/mol. The largest absolute Gasteiger partial charge is 0.493 e. The first-order chi connectivity index (χ1) is 10.2. The number of aryl methyl sites for hydroxylation is 1. The molecule has 0 aromatic heterocycles. The van der Waals surface area contributed by atoms with Crippen LogP contribution in [-0.4, -0.2) is 13.7 Å². The quantitative estimate of drug-likeness (QED) is 0.774. The van der Waals surface area contributed by atoms with Crippen LogP contribution in [0.3, 0.4) is 0 Å². The first-order valence-electron chi connectivity index (χ1n) is 7.34. The lowest BCUT2D eigenvalue weighted by Gasteiger charge is -2.17. The minimum atomic E-state index is -0.225. The van der Waals surface area contributed by atoms with Crippen molar-refractivity contribution in [3.63, 3.8) is 0 Å². The van der Waals surface area contributed by atoms with Crippen LogP contribution in [0, 0.1) is 5.82 Å². The van der Waals surface area contributed by atoms with E-state index in [-0.39, 0.29) is 11.9 Å². The van der Waals surface area contributed by atoms with E-state index in [4.69, 9.17) is 4.74 Å². The van der Waals surface area contributed by atoms with E-state index in [9.17, 15) is 4.39 Å². The zero-order valence-corrected chi connectivity index (χ0v) is 12.6. The molecule has 0 amide bonds. The van der Waals surface area contributed by atoms with Crippen molar-refractivity contribution in [1.29, 1.82) is 0 Å². The predicted octanol–water partition coefficient (Wildman–Crippen LogP) is 4.12. The molecule has 0 heterocycles. The molecule has 0 spiro atoms. The fourth-order valence-electron chi connectivity index (χ4n) is 2.31. The van der Waals surface area contributed by atoms with E-state index >= 15 is 0 Å². The Kier molecular flexibility index (Phi) is 5.76. The molecule has 2 aromatic carbocycles. The molecule has 1 unspecified atom stereocenters. The molecular formula is C18H22FNO. The first kappa shape index (κ1) is 15.5. The van der Waals surface area contributed by atoms with Crippen LogP contribution in [0.4, 0.5) is 4.39 Å². The Bertz CT molecular complexity index is 556. The average Bonchev–Trinajstić information content (AvgIpc) is 2.52. The second-order valence-corrected chi connectivity index (χ2v) is 5.10.